The molecule has 35 heavy (non-hydrogen) atoms. The first-order valence-corrected chi connectivity index (χ1v) is 11.6. The van der Waals surface area contributed by atoms with Crippen LogP contribution in [0.4, 0.5) is 29.2 Å². The molecule has 4 aromatic rings. The van der Waals surface area contributed by atoms with E-state index in [4.69, 9.17) is 9.72 Å². The standard InChI is InChI=1S/C26H28N8O/c1-33(2)21-12-10-19(11-13-21)18-27-32-25-29-24(30-26(31-25)34-14-16-35-17-15-34)28-23-9-5-7-20-6-3-4-8-22(20)23/h3-13,18H,14-17H2,1-2H3,(H2,28,29,30,31,32)/b27-18+. The van der Waals surface area contributed by atoms with Gasteiger partial charge in [0.2, 0.25) is 17.8 Å². The number of nitrogens with zero attached hydrogens (tertiary/aromatic N) is 6. The Balaban J connectivity index is 1.41. The minimum absolute atomic E-state index is 0.366. The van der Waals surface area contributed by atoms with E-state index in [9.17, 15) is 0 Å². The van der Waals surface area contributed by atoms with E-state index in [0.717, 1.165) is 40.8 Å². The fourth-order valence-electron chi connectivity index (χ4n) is 3.85. The molecule has 3 aromatic carbocycles. The van der Waals surface area contributed by atoms with Gasteiger partial charge in [0, 0.05) is 43.9 Å². The summed E-state index contributed by atoms with van der Waals surface area (Å²) in [6, 6.07) is 22.4. The number of aromatic nitrogens is 3. The maximum Gasteiger partial charge on any atom is 0.250 e. The maximum atomic E-state index is 5.49. The number of fused-ring (bicyclic) bond motifs is 1. The zero-order valence-corrected chi connectivity index (χ0v) is 19.8. The first-order valence-electron chi connectivity index (χ1n) is 11.6. The average Bonchev–Trinajstić information content (AvgIpc) is 2.90. The topological polar surface area (TPSA) is 90.8 Å². The van der Waals surface area contributed by atoms with Crippen LogP contribution in [0.1, 0.15) is 5.56 Å². The van der Waals surface area contributed by atoms with Crippen LogP contribution in [0.15, 0.2) is 71.8 Å². The summed E-state index contributed by atoms with van der Waals surface area (Å²) in [6.07, 6.45) is 1.75. The van der Waals surface area contributed by atoms with Crippen molar-refractivity contribution in [3.63, 3.8) is 0 Å². The lowest BCUT2D eigenvalue weighted by molar-refractivity contribution is 0.122. The lowest BCUT2D eigenvalue weighted by Crippen LogP contribution is -2.37. The molecule has 9 nitrogen and oxygen atoms in total. The normalized spacial score (nSPS) is 13.8. The lowest BCUT2D eigenvalue weighted by Gasteiger charge is -2.27. The van der Waals surface area contributed by atoms with Gasteiger partial charge in [0.15, 0.2) is 0 Å². The Labute approximate surface area is 204 Å². The highest BCUT2D eigenvalue weighted by Crippen LogP contribution is 2.26. The van der Waals surface area contributed by atoms with Crippen LogP contribution >= 0.6 is 0 Å². The van der Waals surface area contributed by atoms with Gasteiger partial charge in [-0.2, -0.15) is 20.1 Å². The van der Waals surface area contributed by atoms with Gasteiger partial charge in [0.05, 0.1) is 19.4 Å². The fraction of sp³-hybridized carbons (Fsp3) is 0.231. The zero-order valence-electron chi connectivity index (χ0n) is 19.8. The molecule has 0 atom stereocenters. The molecule has 1 saturated heterocycles. The summed E-state index contributed by atoms with van der Waals surface area (Å²) >= 11 is 0. The molecule has 0 aliphatic carbocycles. The first-order chi connectivity index (χ1) is 17.2. The molecule has 178 valence electrons. The van der Waals surface area contributed by atoms with Crippen LogP contribution in [-0.4, -0.2) is 61.6 Å². The molecule has 0 bridgehead atoms. The summed E-state index contributed by atoms with van der Waals surface area (Å²) in [7, 11) is 4.03. The molecule has 1 aromatic heterocycles. The monoisotopic (exact) mass is 468 g/mol. The van der Waals surface area contributed by atoms with E-state index in [2.05, 4.69) is 53.8 Å². The minimum atomic E-state index is 0.366. The van der Waals surface area contributed by atoms with E-state index >= 15 is 0 Å². The van der Waals surface area contributed by atoms with Crippen molar-refractivity contribution in [1.82, 2.24) is 15.0 Å². The van der Waals surface area contributed by atoms with Crippen molar-refractivity contribution in [2.45, 2.75) is 0 Å². The van der Waals surface area contributed by atoms with Gasteiger partial charge in [-0.25, -0.2) is 5.43 Å². The third-order valence-electron chi connectivity index (χ3n) is 5.74. The summed E-state index contributed by atoms with van der Waals surface area (Å²) in [6.45, 7) is 2.72. The van der Waals surface area contributed by atoms with Crippen molar-refractivity contribution < 1.29 is 4.74 Å². The number of nitrogens with one attached hydrogen (secondary N) is 2. The van der Waals surface area contributed by atoms with Gasteiger partial charge < -0.3 is 19.9 Å². The Kier molecular flexibility index (Phi) is 6.67. The summed E-state index contributed by atoms with van der Waals surface area (Å²) in [5.74, 6) is 1.40. The number of ether oxygens (including phenoxy) is 1. The second kappa shape index (κ2) is 10.4. The number of hydrazone groups is 1. The van der Waals surface area contributed by atoms with Crippen molar-refractivity contribution in [1.29, 1.82) is 0 Å². The van der Waals surface area contributed by atoms with E-state index in [1.165, 1.54) is 0 Å². The maximum absolute atomic E-state index is 5.49. The van der Waals surface area contributed by atoms with Gasteiger partial charge in [-0.15, -0.1) is 0 Å². The Morgan fingerprint density at radius 2 is 1.63 bits per heavy atom. The van der Waals surface area contributed by atoms with E-state index in [0.29, 0.717) is 31.1 Å². The van der Waals surface area contributed by atoms with Crippen LogP contribution in [0.3, 0.4) is 0 Å². The Morgan fingerprint density at radius 3 is 2.43 bits per heavy atom. The Bertz CT molecular complexity index is 1310. The van der Waals surface area contributed by atoms with Gasteiger partial charge in [-0.05, 0) is 29.1 Å². The van der Waals surface area contributed by atoms with Crippen molar-refractivity contribution in [3.05, 3.63) is 72.3 Å². The number of hydrogen-bond donors (Lipinski definition) is 2. The van der Waals surface area contributed by atoms with Crippen LogP contribution in [0.25, 0.3) is 10.8 Å². The predicted molar refractivity (Wildman–Crippen MR) is 142 cm³/mol. The van der Waals surface area contributed by atoms with Crippen molar-refractivity contribution in [2.24, 2.45) is 5.10 Å². The van der Waals surface area contributed by atoms with Crippen molar-refractivity contribution in [3.8, 4) is 0 Å². The molecule has 0 spiro atoms. The highest BCUT2D eigenvalue weighted by molar-refractivity contribution is 5.95. The number of rotatable bonds is 7. The third-order valence-corrected chi connectivity index (χ3v) is 5.74. The molecule has 5 rings (SSSR count). The van der Waals surface area contributed by atoms with Gasteiger partial charge in [0.1, 0.15) is 0 Å². The van der Waals surface area contributed by atoms with E-state index in [-0.39, 0.29) is 0 Å². The van der Waals surface area contributed by atoms with Crippen molar-refractivity contribution >= 4 is 46.2 Å². The highest BCUT2D eigenvalue weighted by atomic mass is 16.5. The molecule has 9 heteroatoms. The quantitative estimate of drug-likeness (QED) is 0.309. The summed E-state index contributed by atoms with van der Waals surface area (Å²) < 4.78 is 5.49. The first kappa shape index (κ1) is 22.5. The van der Waals surface area contributed by atoms with E-state index < -0.39 is 0 Å². The molecule has 0 amide bonds. The van der Waals surface area contributed by atoms with Crippen LogP contribution in [0, 0.1) is 0 Å². The second-order valence-corrected chi connectivity index (χ2v) is 8.39. The van der Waals surface area contributed by atoms with Crippen LogP contribution < -0.4 is 20.5 Å². The van der Waals surface area contributed by atoms with Crippen molar-refractivity contribution in [2.75, 3.05) is 60.9 Å². The Morgan fingerprint density at radius 1 is 0.886 bits per heavy atom. The van der Waals surface area contributed by atoms with Gasteiger partial charge in [-0.3, -0.25) is 0 Å². The number of benzene rings is 3. The van der Waals surface area contributed by atoms with Gasteiger partial charge in [-0.1, -0.05) is 48.5 Å². The van der Waals surface area contributed by atoms with Crippen LogP contribution in [0.5, 0.6) is 0 Å². The summed E-state index contributed by atoms with van der Waals surface area (Å²) in [4.78, 5) is 18.0. The summed E-state index contributed by atoms with van der Waals surface area (Å²) in [5, 5.41) is 9.97. The lowest BCUT2D eigenvalue weighted by atomic mass is 10.1. The third kappa shape index (κ3) is 5.47. The van der Waals surface area contributed by atoms with Crippen LogP contribution in [0.2, 0.25) is 0 Å². The molecular formula is C26H28N8O. The van der Waals surface area contributed by atoms with E-state index in [1.54, 1.807) is 6.21 Å². The highest BCUT2D eigenvalue weighted by Gasteiger charge is 2.17. The number of morpholine rings is 1. The molecule has 1 fully saturated rings. The van der Waals surface area contributed by atoms with Gasteiger partial charge >= 0.3 is 0 Å². The molecule has 1 aliphatic rings. The predicted octanol–water partition coefficient (Wildman–Crippen LogP) is 4.12. The zero-order chi connectivity index (χ0) is 24.0. The molecule has 0 saturated carbocycles. The van der Waals surface area contributed by atoms with E-state index in [1.807, 2.05) is 62.6 Å². The smallest absolute Gasteiger partial charge is 0.250 e. The van der Waals surface area contributed by atoms with Gasteiger partial charge in [0.25, 0.3) is 0 Å². The molecular weight excluding hydrogens is 440 g/mol. The average molecular weight is 469 g/mol. The molecule has 2 heterocycles. The van der Waals surface area contributed by atoms with Crippen LogP contribution in [-0.2, 0) is 4.74 Å². The molecule has 2 N–H and O–H groups in total. The minimum Gasteiger partial charge on any atom is -0.378 e. The Hall–Kier alpha value is -4.24. The molecule has 0 radical (unpaired) electrons. The molecule has 1 aliphatic heterocycles. The number of anilines is 5. The SMILES string of the molecule is CN(C)c1ccc(/C=N/Nc2nc(Nc3cccc4ccccc34)nc(N3CCOCC3)n2)cc1. The molecule has 0 unspecified atom stereocenters. The second-order valence-electron chi connectivity index (χ2n) is 8.39. The fourth-order valence-corrected chi connectivity index (χ4v) is 3.85. The number of hydrogen-bond acceptors (Lipinski definition) is 9. The summed E-state index contributed by atoms with van der Waals surface area (Å²) in [5.41, 5.74) is 6.00. The largest absolute Gasteiger partial charge is 0.378 e.